The highest BCUT2D eigenvalue weighted by atomic mass is 32.2. The van der Waals surface area contributed by atoms with Crippen LogP contribution in [0.15, 0.2) is 64.9 Å². The minimum Gasteiger partial charge on any atom is -0.258 e. The summed E-state index contributed by atoms with van der Waals surface area (Å²) in [7, 11) is -7.96. The summed E-state index contributed by atoms with van der Waals surface area (Å²) in [6.07, 6.45) is -3.51. The molecule has 1 heterocycles. The van der Waals surface area contributed by atoms with E-state index >= 15 is 0 Å². The molecule has 0 saturated carbocycles. The van der Waals surface area contributed by atoms with E-state index in [2.05, 4.69) is 0 Å². The van der Waals surface area contributed by atoms with E-state index in [1.807, 2.05) is 0 Å². The number of hydrogen-bond donors (Lipinski definition) is 0. The Labute approximate surface area is 161 Å². The van der Waals surface area contributed by atoms with Crippen molar-refractivity contribution in [3.63, 3.8) is 0 Å². The van der Waals surface area contributed by atoms with E-state index < -0.39 is 43.4 Å². The molecule has 1 atom stereocenters. The fourth-order valence-corrected chi connectivity index (χ4v) is 5.82. The van der Waals surface area contributed by atoms with Gasteiger partial charge in [0.1, 0.15) is 0 Å². The molecular formula is C18H16F3NO4S2. The monoisotopic (exact) mass is 431 g/mol. The van der Waals surface area contributed by atoms with Crippen LogP contribution in [0.1, 0.15) is 11.1 Å². The van der Waals surface area contributed by atoms with Gasteiger partial charge in [0, 0.05) is 5.41 Å². The highest BCUT2D eigenvalue weighted by molar-refractivity contribution is 7.95. The molecule has 0 aromatic heterocycles. The van der Waals surface area contributed by atoms with Gasteiger partial charge in [-0.05, 0) is 43.3 Å². The molecule has 0 radical (unpaired) electrons. The lowest BCUT2D eigenvalue weighted by molar-refractivity contribution is -0.137. The maximum Gasteiger partial charge on any atom is 0.416 e. The first-order valence-corrected chi connectivity index (χ1v) is 11.2. The van der Waals surface area contributed by atoms with Gasteiger partial charge in [-0.25, -0.2) is 16.8 Å². The lowest BCUT2D eigenvalue weighted by atomic mass is 10.2. The number of rotatable bonds is 4. The number of anilines is 1. The summed E-state index contributed by atoms with van der Waals surface area (Å²) < 4.78 is 90.2. The van der Waals surface area contributed by atoms with Crippen LogP contribution in [-0.2, 0) is 26.0 Å². The highest BCUT2D eigenvalue weighted by Gasteiger charge is 2.37. The summed E-state index contributed by atoms with van der Waals surface area (Å²) in [6, 6.07) is 8.43. The molecule has 0 aliphatic carbocycles. The van der Waals surface area contributed by atoms with Gasteiger partial charge in [0.15, 0.2) is 9.84 Å². The average molecular weight is 431 g/mol. The van der Waals surface area contributed by atoms with Crippen molar-refractivity contribution in [2.75, 3.05) is 10.1 Å². The fourth-order valence-electron chi connectivity index (χ4n) is 2.86. The molecule has 0 spiro atoms. The van der Waals surface area contributed by atoms with Crippen molar-refractivity contribution in [1.82, 2.24) is 0 Å². The Kier molecular flexibility index (Phi) is 5.05. The average Bonchev–Trinajstić information content (AvgIpc) is 2.94. The van der Waals surface area contributed by atoms with Crippen molar-refractivity contribution in [3.05, 3.63) is 71.1 Å². The second-order valence-corrected chi connectivity index (χ2v) is 10.1. The Hall–Kier alpha value is -2.33. The molecule has 28 heavy (non-hydrogen) atoms. The predicted octanol–water partition coefficient (Wildman–Crippen LogP) is 3.52. The molecule has 0 bridgehead atoms. The van der Waals surface area contributed by atoms with Gasteiger partial charge in [0.2, 0.25) is 0 Å². The molecule has 3 rings (SSSR count). The summed E-state index contributed by atoms with van der Waals surface area (Å²) in [6.45, 7) is 1.76. The Morgan fingerprint density at radius 1 is 1.07 bits per heavy atom. The molecule has 0 unspecified atom stereocenters. The molecule has 0 fully saturated rings. The van der Waals surface area contributed by atoms with Crippen LogP contribution >= 0.6 is 0 Å². The van der Waals surface area contributed by atoms with Crippen molar-refractivity contribution in [2.45, 2.75) is 24.0 Å². The number of hydrogen-bond acceptors (Lipinski definition) is 4. The van der Waals surface area contributed by atoms with E-state index in [-0.39, 0.29) is 10.6 Å². The fraction of sp³-hybridized carbons (Fsp3) is 0.222. The molecular weight excluding hydrogens is 415 g/mol. The molecule has 5 nitrogen and oxygen atoms in total. The first kappa shape index (κ1) is 20.4. The Bertz CT molecular complexity index is 1120. The molecule has 1 aliphatic rings. The van der Waals surface area contributed by atoms with E-state index in [0.29, 0.717) is 6.07 Å². The molecule has 10 heteroatoms. The van der Waals surface area contributed by atoms with Crippen LogP contribution in [0.4, 0.5) is 18.9 Å². The van der Waals surface area contributed by atoms with E-state index in [4.69, 9.17) is 0 Å². The van der Waals surface area contributed by atoms with Crippen molar-refractivity contribution < 1.29 is 30.0 Å². The van der Waals surface area contributed by atoms with Crippen LogP contribution in [0.2, 0.25) is 0 Å². The topological polar surface area (TPSA) is 71.5 Å². The molecule has 150 valence electrons. The first-order valence-electron chi connectivity index (χ1n) is 8.09. The normalized spacial score (nSPS) is 18.9. The van der Waals surface area contributed by atoms with Crippen LogP contribution < -0.4 is 4.31 Å². The van der Waals surface area contributed by atoms with Gasteiger partial charge in [0.05, 0.1) is 27.9 Å². The van der Waals surface area contributed by atoms with Gasteiger partial charge in [-0.3, -0.25) is 4.31 Å². The Morgan fingerprint density at radius 2 is 1.71 bits per heavy atom. The first-order chi connectivity index (χ1) is 12.9. The third-order valence-corrected chi connectivity index (χ3v) is 7.46. The van der Waals surface area contributed by atoms with E-state index in [0.717, 1.165) is 27.4 Å². The number of halogens is 3. The summed E-state index contributed by atoms with van der Waals surface area (Å²) >= 11 is 0. The van der Waals surface area contributed by atoms with Gasteiger partial charge in [-0.2, -0.15) is 13.2 Å². The summed E-state index contributed by atoms with van der Waals surface area (Å²) in [5, 5.41) is 0.878. The summed E-state index contributed by atoms with van der Waals surface area (Å²) in [5.74, 6) is -0.547. The maximum atomic E-state index is 13.2. The van der Waals surface area contributed by atoms with Crippen LogP contribution in [0, 0.1) is 6.92 Å². The lowest BCUT2D eigenvalue weighted by Gasteiger charge is -2.29. The second kappa shape index (κ2) is 6.93. The summed E-state index contributed by atoms with van der Waals surface area (Å²) in [4.78, 5) is -0.145. The van der Waals surface area contributed by atoms with E-state index in [1.165, 1.54) is 24.3 Å². The molecule has 1 aliphatic heterocycles. The molecule has 2 aromatic carbocycles. The van der Waals surface area contributed by atoms with Gasteiger partial charge in [0.25, 0.3) is 10.0 Å². The van der Waals surface area contributed by atoms with Gasteiger partial charge in [-0.15, -0.1) is 0 Å². The van der Waals surface area contributed by atoms with Gasteiger partial charge >= 0.3 is 6.18 Å². The number of alkyl halides is 3. The SMILES string of the molecule is Cc1ccc(S(=O)(=O)N(c2cccc(C(F)(F)F)c2)[C@H]2C=CS(=O)(=O)C2)cc1. The lowest BCUT2D eigenvalue weighted by Crippen LogP contribution is -2.41. The zero-order chi connectivity index (χ0) is 20.7. The minimum atomic E-state index is -4.67. The van der Waals surface area contributed by atoms with Crippen LogP contribution in [0.5, 0.6) is 0 Å². The largest absolute Gasteiger partial charge is 0.416 e. The van der Waals surface area contributed by atoms with Crippen molar-refractivity contribution in [3.8, 4) is 0 Å². The third-order valence-electron chi connectivity index (χ3n) is 4.22. The second-order valence-electron chi connectivity index (χ2n) is 6.39. The molecule has 0 N–H and O–H groups in total. The number of benzene rings is 2. The van der Waals surface area contributed by atoms with Crippen LogP contribution in [0.25, 0.3) is 0 Å². The van der Waals surface area contributed by atoms with E-state index in [1.54, 1.807) is 19.1 Å². The quantitative estimate of drug-likeness (QED) is 0.743. The van der Waals surface area contributed by atoms with E-state index in [9.17, 15) is 30.0 Å². The number of nitrogens with zero attached hydrogens (tertiary/aromatic N) is 1. The van der Waals surface area contributed by atoms with Crippen molar-refractivity contribution in [2.24, 2.45) is 0 Å². The zero-order valence-corrected chi connectivity index (χ0v) is 16.2. The number of aryl methyl sites for hydroxylation is 1. The minimum absolute atomic E-state index is 0.145. The smallest absolute Gasteiger partial charge is 0.258 e. The zero-order valence-electron chi connectivity index (χ0n) is 14.6. The standard InChI is InChI=1S/C18H16F3NO4S2/c1-13-5-7-17(8-6-13)28(25,26)22(16-9-10-27(23,24)12-16)15-4-2-3-14(11-15)18(19,20)21/h2-11,16H,12H2,1H3/t16-/m0/s1. The van der Waals surface area contributed by atoms with Crippen LogP contribution in [-0.4, -0.2) is 28.6 Å². The number of sulfonamides is 1. The third kappa shape index (κ3) is 4.07. The number of sulfone groups is 1. The molecule has 0 amide bonds. The maximum absolute atomic E-state index is 13.2. The highest BCUT2D eigenvalue weighted by Crippen LogP contribution is 2.35. The van der Waals surface area contributed by atoms with Crippen molar-refractivity contribution in [1.29, 1.82) is 0 Å². The predicted molar refractivity (Wildman–Crippen MR) is 99.0 cm³/mol. The Balaban J connectivity index is 2.17. The molecule has 2 aromatic rings. The van der Waals surface area contributed by atoms with Gasteiger partial charge in [-0.1, -0.05) is 23.8 Å². The summed E-state index contributed by atoms with van der Waals surface area (Å²) in [5.41, 5.74) is -0.492. The van der Waals surface area contributed by atoms with Crippen molar-refractivity contribution >= 4 is 25.5 Å². The molecule has 0 saturated heterocycles. The van der Waals surface area contributed by atoms with Gasteiger partial charge < -0.3 is 0 Å². The van der Waals surface area contributed by atoms with Crippen LogP contribution in [0.3, 0.4) is 0 Å². The Morgan fingerprint density at radius 3 is 2.25 bits per heavy atom.